The molecule has 4 nitrogen and oxygen atoms in total. The van der Waals surface area contributed by atoms with Gasteiger partial charge in [-0.2, -0.15) is 0 Å². The topological polar surface area (TPSA) is 53.5 Å². The number of rotatable bonds is 3. The summed E-state index contributed by atoms with van der Waals surface area (Å²) in [5.74, 6) is 0.105. The second-order valence-electron chi connectivity index (χ2n) is 6.47. The Morgan fingerprint density at radius 2 is 2.00 bits per heavy atom. The molecule has 0 spiro atoms. The van der Waals surface area contributed by atoms with Crippen LogP contribution < -0.4 is 10.6 Å². The molecule has 0 unspecified atom stereocenters. The number of aliphatic imine (C=N–C) groups is 1. The number of carbonyl (C=O) groups excluding carboxylic acids is 1. The number of hydrogen-bond donors (Lipinski definition) is 2. The smallest absolute Gasteiger partial charge is 0.233 e. The first-order valence-corrected chi connectivity index (χ1v) is 9.43. The molecule has 4 rings (SSSR count). The van der Waals surface area contributed by atoms with Gasteiger partial charge < -0.3 is 10.6 Å². The number of carbonyl (C=O) groups is 1. The molecule has 24 heavy (non-hydrogen) atoms. The van der Waals surface area contributed by atoms with E-state index < -0.39 is 0 Å². The summed E-state index contributed by atoms with van der Waals surface area (Å²) in [6, 6.07) is 12.7. The lowest BCUT2D eigenvalue weighted by atomic mass is 10.1. The normalized spacial score (nSPS) is 18.1. The Morgan fingerprint density at radius 3 is 2.79 bits per heavy atom. The molecular formula is C19H21N3OS. The maximum atomic E-state index is 12.4. The molecule has 1 aliphatic carbocycles. The molecule has 1 aliphatic heterocycles. The fraction of sp³-hybridized carbons (Fsp3) is 0.368. The summed E-state index contributed by atoms with van der Waals surface area (Å²) in [5.41, 5.74) is 2.02. The third-order valence-corrected chi connectivity index (χ3v) is 5.69. The number of nitrogens with one attached hydrogen (secondary N) is 2. The number of hydrogen-bond acceptors (Lipinski definition) is 4. The van der Waals surface area contributed by atoms with Gasteiger partial charge in [0.2, 0.25) is 5.91 Å². The van der Waals surface area contributed by atoms with E-state index in [-0.39, 0.29) is 11.2 Å². The van der Waals surface area contributed by atoms with E-state index in [1.54, 1.807) is 0 Å². The molecule has 0 saturated heterocycles. The summed E-state index contributed by atoms with van der Waals surface area (Å²) in [6.45, 7) is 1.94. The molecule has 2 N–H and O–H groups in total. The van der Waals surface area contributed by atoms with Crippen LogP contribution in [0.2, 0.25) is 0 Å². The first kappa shape index (κ1) is 15.5. The summed E-state index contributed by atoms with van der Waals surface area (Å²) in [6.07, 6.45) is 4.67. The summed E-state index contributed by atoms with van der Waals surface area (Å²) >= 11 is 1.49. The quantitative estimate of drug-likeness (QED) is 0.869. The van der Waals surface area contributed by atoms with Crippen LogP contribution in [0.3, 0.4) is 0 Å². The summed E-state index contributed by atoms with van der Waals surface area (Å²) in [7, 11) is 0. The molecule has 0 radical (unpaired) electrons. The van der Waals surface area contributed by atoms with Crippen molar-refractivity contribution in [2.24, 2.45) is 4.99 Å². The van der Waals surface area contributed by atoms with Crippen LogP contribution in [-0.2, 0) is 4.79 Å². The molecule has 2 aromatic carbocycles. The fourth-order valence-corrected chi connectivity index (χ4v) is 4.27. The summed E-state index contributed by atoms with van der Waals surface area (Å²) in [5, 5.41) is 9.48. The number of amides is 1. The van der Waals surface area contributed by atoms with Crippen molar-refractivity contribution in [3.05, 3.63) is 36.4 Å². The molecule has 1 fully saturated rings. The van der Waals surface area contributed by atoms with Crippen LogP contribution in [0, 0.1) is 0 Å². The van der Waals surface area contributed by atoms with Crippen molar-refractivity contribution in [3.8, 4) is 0 Å². The minimum absolute atomic E-state index is 0.105. The molecule has 2 aliphatic rings. The van der Waals surface area contributed by atoms with Gasteiger partial charge in [0.25, 0.3) is 0 Å². The molecule has 0 aromatic heterocycles. The maximum Gasteiger partial charge on any atom is 0.233 e. The average molecular weight is 339 g/mol. The van der Waals surface area contributed by atoms with Gasteiger partial charge in [-0.15, -0.1) is 0 Å². The lowest BCUT2D eigenvalue weighted by molar-refractivity contribution is -0.120. The van der Waals surface area contributed by atoms with E-state index in [0.29, 0.717) is 6.04 Å². The van der Waals surface area contributed by atoms with E-state index in [4.69, 9.17) is 4.99 Å². The second-order valence-corrected chi connectivity index (χ2v) is 7.80. The fourth-order valence-electron chi connectivity index (χ4n) is 3.44. The second kappa shape index (κ2) is 6.48. The number of amidine groups is 1. The Morgan fingerprint density at radius 1 is 1.25 bits per heavy atom. The number of benzene rings is 2. The highest BCUT2D eigenvalue weighted by atomic mass is 32.2. The van der Waals surface area contributed by atoms with E-state index in [1.165, 1.54) is 30.0 Å². The molecule has 124 valence electrons. The van der Waals surface area contributed by atoms with Crippen LogP contribution in [0.1, 0.15) is 32.6 Å². The Labute approximate surface area is 146 Å². The van der Waals surface area contributed by atoms with Gasteiger partial charge in [0.05, 0.1) is 16.6 Å². The summed E-state index contributed by atoms with van der Waals surface area (Å²) < 4.78 is 0. The molecule has 5 heteroatoms. The van der Waals surface area contributed by atoms with Crippen LogP contribution in [0.5, 0.6) is 0 Å². The molecule has 1 saturated carbocycles. The molecule has 2 aromatic rings. The SMILES string of the molecule is C[C@H](SC1=Nc2cccc3cccc(c23)N1)C(=O)NC1CCCC1. The van der Waals surface area contributed by atoms with Crippen LogP contribution in [0.15, 0.2) is 41.4 Å². The van der Waals surface area contributed by atoms with Gasteiger partial charge >= 0.3 is 0 Å². The first-order chi connectivity index (χ1) is 11.7. The first-order valence-electron chi connectivity index (χ1n) is 8.55. The van der Waals surface area contributed by atoms with E-state index >= 15 is 0 Å². The number of anilines is 1. The number of thioether (sulfide) groups is 1. The van der Waals surface area contributed by atoms with E-state index in [0.717, 1.165) is 34.8 Å². The average Bonchev–Trinajstić information content (AvgIpc) is 3.08. The van der Waals surface area contributed by atoms with Crippen LogP contribution in [0.4, 0.5) is 11.4 Å². The van der Waals surface area contributed by atoms with Crippen LogP contribution >= 0.6 is 11.8 Å². The zero-order valence-electron chi connectivity index (χ0n) is 13.7. The standard InChI is InChI=1S/C19H21N3OS/c1-12(18(23)20-14-8-2-3-9-14)24-19-21-15-10-4-6-13-7-5-11-16(22-19)17(13)15/h4-7,10-12,14H,2-3,8-9H2,1H3,(H,20,23)(H,21,22)/t12-/m0/s1. The van der Waals surface area contributed by atoms with Crippen molar-refractivity contribution in [1.29, 1.82) is 0 Å². The largest absolute Gasteiger partial charge is 0.352 e. The van der Waals surface area contributed by atoms with Gasteiger partial charge in [-0.1, -0.05) is 48.9 Å². The molecule has 1 heterocycles. The van der Waals surface area contributed by atoms with Gasteiger partial charge in [0.15, 0.2) is 5.17 Å². The minimum Gasteiger partial charge on any atom is -0.352 e. The van der Waals surface area contributed by atoms with E-state index in [1.807, 2.05) is 25.1 Å². The molecular weight excluding hydrogens is 318 g/mol. The number of nitrogens with zero attached hydrogens (tertiary/aromatic N) is 1. The van der Waals surface area contributed by atoms with Gasteiger partial charge in [0, 0.05) is 11.4 Å². The highest BCUT2D eigenvalue weighted by molar-refractivity contribution is 8.15. The summed E-state index contributed by atoms with van der Waals surface area (Å²) in [4.78, 5) is 17.1. The lowest BCUT2D eigenvalue weighted by Gasteiger charge is -2.21. The Hall–Kier alpha value is -2.01. The van der Waals surface area contributed by atoms with Crippen LogP contribution in [0.25, 0.3) is 10.8 Å². The van der Waals surface area contributed by atoms with Gasteiger partial charge in [0.1, 0.15) is 0 Å². The molecule has 0 bridgehead atoms. The predicted molar refractivity (Wildman–Crippen MR) is 102 cm³/mol. The van der Waals surface area contributed by atoms with Gasteiger partial charge in [-0.05, 0) is 37.3 Å². The third-order valence-electron chi connectivity index (χ3n) is 4.71. The Bertz CT molecular complexity index is 806. The zero-order valence-corrected chi connectivity index (χ0v) is 14.5. The molecule has 1 amide bonds. The van der Waals surface area contributed by atoms with Crippen molar-refractivity contribution < 1.29 is 4.79 Å². The molecule has 1 atom stereocenters. The van der Waals surface area contributed by atoms with Crippen molar-refractivity contribution in [2.45, 2.75) is 43.9 Å². The highest BCUT2D eigenvalue weighted by Crippen LogP contribution is 2.37. The van der Waals surface area contributed by atoms with Crippen molar-refractivity contribution in [2.75, 3.05) is 5.32 Å². The minimum atomic E-state index is -0.165. The Kier molecular flexibility index (Phi) is 4.19. The monoisotopic (exact) mass is 339 g/mol. The van der Waals surface area contributed by atoms with Crippen molar-refractivity contribution >= 4 is 45.0 Å². The third kappa shape index (κ3) is 3.00. The van der Waals surface area contributed by atoms with E-state index in [2.05, 4.69) is 28.8 Å². The maximum absolute atomic E-state index is 12.4. The van der Waals surface area contributed by atoms with Gasteiger partial charge in [-0.25, -0.2) is 4.99 Å². The lowest BCUT2D eigenvalue weighted by Crippen LogP contribution is -2.38. The Balaban J connectivity index is 1.50. The van der Waals surface area contributed by atoms with Crippen molar-refractivity contribution in [3.63, 3.8) is 0 Å². The van der Waals surface area contributed by atoms with Crippen molar-refractivity contribution in [1.82, 2.24) is 5.32 Å². The predicted octanol–water partition coefficient (Wildman–Crippen LogP) is 4.43. The zero-order chi connectivity index (χ0) is 16.5. The van der Waals surface area contributed by atoms with Gasteiger partial charge in [-0.3, -0.25) is 4.79 Å². The highest BCUT2D eigenvalue weighted by Gasteiger charge is 2.23. The van der Waals surface area contributed by atoms with E-state index in [9.17, 15) is 4.79 Å². The van der Waals surface area contributed by atoms with Crippen LogP contribution in [-0.4, -0.2) is 22.4 Å².